The second-order valence-corrected chi connectivity index (χ2v) is 9.18. The molecule has 5 fully saturated rings. The van der Waals surface area contributed by atoms with E-state index in [4.69, 9.17) is 0 Å². The van der Waals surface area contributed by atoms with E-state index in [2.05, 4.69) is 20.7 Å². The Morgan fingerprint density at radius 3 is 2.44 bits per heavy atom. The van der Waals surface area contributed by atoms with Crippen molar-refractivity contribution in [3.05, 3.63) is 6.33 Å². The summed E-state index contributed by atoms with van der Waals surface area (Å²) in [5.41, 5.74) is -0.164. The number of tetrazole rings is 1. The van der Waals surface area contributed by atoms with Crippen molar-refractivity contribution in [3.8, 4) is 0 Å². The minimum Gasteiger partial charge on any atom is -0.352 e. The Labute approximate surface area is 159 Å². The van der Waals surface area contributed by atoms with Crippen LogP contribution in [0.2, 0.25) is 0 Å². The van der Waals surface area contributed by atoms with E-state index in [9.17, 15) is 9.59 Å². The van der Waals surface area contributed by atoms with Gasteiger partial charge in [-0.05, 0) is 74.3 Å². The number of carbonyl (C=O) groups is 2. The van der Waals surface area contributed by atoms with Crippen molar-refractivity contribution < 1.29 is 9.59 Å². The molecule has 1 N–H and O–H groups in total. The predicted molar refractivity (Wildman–Crippen MR) is 96.2 cm³/mol. The molecule has 0 spiro atoms. The first kappa shape index (κ1) is 17.1. The minimum absolute atomic E-state index is 0.0364. The summed E-state index contributed by atoms with van der Waals surface area (Å²) in [5, 5.41) is 14.4. The summed E-state index contributed by atoms with van der Waals surface area (Å²) < 4.78 is 0. The van der Waals surface area contributed by atoms with Crippen molar-refractivity contribution in [2.45, 2.75) is 64.0 Å². The van der Waals surface area contributed by atoms with Gasteiger partial charge in [-0.15, -0.1) is 10.2 Å². The van der Waals surface area contributed by atoms with Gasteiger partial charge in [-0.3, -0.25) is 9.59 Å². The Morgan fingerprint density at radius 2 is 1.81 bits per heavy atom. The van der Waals surface area contributed by atoms with Crippen LogP contribution in [0.5, 0.6) is 0 Å². The van der Waals surface area contributed by atoms with Gasteiger partial charge in [0.15, 0.2) is 6.33 Å². The molecule has 6 rings (SSSR count). The van der Waals surface area contributed by atoms with E-state index >= 15 is 0 Å². The summed E-state index contributed by atoms with van der Waals surface area (Å²) in [7, 11) is 0. The van der Waals surface area contributed by atoms with Crippen molar-refractivity contribution >= 4 is 11.8 Å². The van der Waals surface area contributed by atoms with Gasteiger partial charge >= 0.3 is 0 Å². The number of nitrogens with one attached hydrogen (secondary N) is 1. The monoisotopic (exact) mass is 372 g/mol. The number of nitrogens with zero attached hydrogens (tertiary/aromatic N) is 5. The van der Waals surface area contributed by atoms with Crippen molar-refractivity contribution in [3.63, 3.8) is 0 Å². The van der Waals surface area contributed by atoms with Gasteiger partial charge in [-0.2, -0.15) is 4.80 Å². The molecule has 2 heterocycles. The van der Waals surface area contributed by atoms with Gasteiger partial charge in [-0.1, -0.05) is 0 Å². The van der Waals surface area contributed by atoms with Crippen LogP contribution in [0.3, 0.4) is 0 Å². The Morgan fingerprint density at radius 1 is 1.11 bits per heavy atom. The average Bonchev–Trinajstić information content (AvgIpc) is 3.31. The standard InChI is InChI=1S/C19H28N6O2/c26-17(20-3-5-25-22-12-21-23-25)16-2-1-4-24(16)18(27)19-9-13-6-14(10-19)8-15(7-13)11-19/h12-16H,1-11H2,(H,20,26). The smallest absolute Gasteiger partial charge is 0.242 e. The molecular formula is C19H28N6O2. The van der Waals surface area contributed by atoms with Crippen molar-refractivity contribution in [1.29, 1.82) is 0 Å². The van der Waals surface area contributed by atoms with Gasteiger partial charge in [-0.25, -0.2) is 0 Å². The third-order valence-electron chi connectivity index (χ3n) is 7.31. The lowest BCUT2D eigenvalue weighted by Crippen LogP contribution is -2.57. The minimum atomic E-state index is -0.311. The van der Waals surface area contributed by atoms with Gasteiger partial charge in [0.2, 0.25) is 11.8 Å². The molecule has 1 atom stereocenters. The number of amides is 2. The fraction of sp³-hybridized carbons (Fsp3) is 0.842. The first-order valence-electron chi connectivity index (χ1n) is 10.4. The molecule has 4 saturated carbocycles. The Kier molecular flexibility index (Phi) is 4.16. The third kappa shape index (κ3) is 3.02. The molecule has 4 aliphatic carbocycles. The molecule has 27 heavy (non-hydrogen) atoms. The Balaban J connectivity index is 1.24. The maximum atomic E-state index is 13.6. The third-order valence-corrected chi connectivity index (χ3v) is 7.31. The molecule has 8 heteroatoms. The molecule has 1 saturated heterocycles. The largest absolute Gasteiger partial charge is 0.352 e. The molecule has 1 aromatic heterocycles. The zero-order valence-electron chi connectivity index (χ0n) is 15.7. The lowest BCUT2D eigenvalue weighted by Gasteiger charge is -2.56. The van der Waals surface area contributed by atoms with Gasteiger partial charge in [0.25, 0.3) is 0 Å². The summed E-state index contributed by atoms with van der Waals surface area (Å²) >= 11 is 0. The summed E-state index contributed by atoms with van der Waals surface area (Å²) in [6.45, 7) is 1.66. The summed E-state index contributed by atoms with van der Waals surface area (Å²) in [6, 6.07) is -0.311. The van der Waals surface area contributed by atoms with Crippen LogP contribution in [0.4, 0.5) is 0 Å². The highest BCUT2D eigenvalue weighted by Crippen LogP contribution is 2.60. The number of hydrogen-bond donors (Lipinski definition) is 1. The number of aromatic nitrogens is 4. The van der Waals surface area contributed by atoms with Gasteiger partial charge in [0.05, 0.1) is 12.0 Å². The summed E-state index contributed by atoms with van der Waals surface area (Å²) in [6.07, 6.45) is 10.2. The quantitative estimate of drug-likeness (QED) is 0.832. The van der Waals surface area contributed by atoms with E-state index in [1.54, 1.807) is 0 Å². The maximum Gasteiger partial charge on any atom is 0.242 e. The SMILES string of the molecule is O=C(NCCn1ncnn1)C1CCCN1C(=O)C12CC3CC(CC(C3)C1)C2. The fourth-order valence-corrected chi connectivity index (χ4v) is 6.65. The lowest BCUT2D eigenvalue weighted by molar-refractivity contribution is -0.160. The van der Waals surface area contributed by atoms with E-state index in [1.165, 1.54) is 30.4 Å². The van der Waals surface area contributed by atoms with Crippen LogP contribution in [-0.4, -0.2) is 56.1 Å². The van der Waals surface area contributed by atoms with E-state index in [1.807, 2.05) is 4.90 Å². The molecule has 1 unspecified atom stereocenters. The fourth-order valence-electron chi connectivity index (χ4n) is 6.65. The predicted octanol–water partition coefficient (Wildman–Crippen LogP) is 0.997. The van der Waals surface area contributed by atoms with Crippen LogP contribution >= 0.6 is 0 Å². The molecule has 0 radical (unpaired) electrons. The zero-order chi connectivity index (χ0) is 18.4. The average molecular weight is 372 g/mol. The molecule has 8 nitrogen and oxygen atoms in total. The van der Waals surface area contributed by atoms with Crippen LogP contribution in [0, 0.1) is 23.2 Å². The highest BCUT2D eigenvalue weighted by atomic mass is 16.2. The van der Waals surface area contributed by atoms with E-state index in [0.717, 1.165) is 56.4 Å². The van der Waals surface area contributed by atoms with Crippen LogP contribution < -0.4 is 5.32 Å². The number of rotatable bonds is 5. The maximum absolute atomic E-state index is 13.6. The van der Waals surface area contributed by atoms with Crippen molar-refractivity contribution in [2.75, 3.05) is 13.1 Å². The van der Waals surface area contributed by atoms with E-state index < -0.39 is 0 Å². The molecule has 4 bridgehead atoms. The van der Waals surface area contributed by atoms with Gasteiger partial charge in [0, 0.05) is 13.1 Å². The zero-order valence-corrected chi connectivity index (χ0v) is 15.7. The second kappa shape index (κ2) is 6.56. The summed E-state index contributed by atoms with van der Waals surface area (Å²) in [4.78, 5) is 29.7. The van der Waals surface area contributed by atoms with E-state index in [0.29, 0.717) is 13.1 Å². The molecule has 0 aromatic carbocycles. The number of likely N-dealkylation sites (tertiary alicyclic amines) is 1. The summed E-state index contributed by atoms with van der Waals surface area (Å²) in [5.74, 6) is 2.46. The van der Waals surface area contributed by atoms with Gasteiger partial charge < -0.3 is 10.2 Å². The van der Waals surface area contributed by atoms with Crippen molar-refractivity contribution in [1.82, 2.24) is 30.4 Å². The molecule has 146 valence electrons. The second-order valence-electron chi connectivity index (χ2n) is 9.18. The normalized spacial score (nSPS) is 37.0. The van der Waals surface area contributed by atoms with Crippen molar-refractivity contribution in [2.24, 2.45) is 23.2 Å². The van der Waals surface area contributed by atoms with Crippen LogP contribution in [0.15, 0.2) is 6.33 Å². The van der Waals surface area contributed by atoms with Crippen LogP contribution in [-0.2, 0) is 16.1 Å². The van der Waals surface area contributed by atoms with Crippen LogP contribution in [0.1, 0.15) is 51.4 Å². The molecule has 2 amide bonds. The van der Waals surface area contributed by atoms with Gasteiger partial charge in [0.1, 0.15) is 6.04 Å². The number of hydrogen-bond acceptors (Lipinski definition) is 5. The highest BCUT2D eigenvalue weighted by molar-refractivity contribution is 5.91. The number of carbonyl (C=O) groups excluding carboxylic acids is 2. The Hall–Kier alpha value is -1.99. The molecule has 1 aromatic rings. The topological polar surface area (TPSA) is 93.0 Å². The molecule has 5 aliphatic rings. The first-order chi connectivity index (χ1) is 13.1. The highest BCUT2D eigenvalue weighted by Gasteiger charge is 2.56. The molecule has 1 aliphatic heterocycles. The Bertz CT molecular complexity index is 683. The van der Waals surface area contributed by atoms with Crippen LogP contribution in [0.25, 0.3) is 0 Å². The first-order valence-corrected chi connectivity index (χ1v) is 10.4. The molecular weight excluding hydrogens is 344 g/mol. The van der Waals surface area contributed by atoms with E-state index in [-0.39, 0.29) is 23.3 Å². The lowest BCUT2D eigenvalue weighted by atomic mass is 9.49.